The molecule has 1 saturated heterocycles. The highest BCUT2D eigenvalue weighted by atomic mass is 16.6. The molecule has 11 nitrogen and oxygen atoms in total. The molecule has 1 atom stereocenters. The second kappa shape index (κ2) is 14.6. The summed E-state index contributed by atoms with van der Waals surface area (Å²) in [5.41, 5.74) is 0.960. The quantitative estimate of drug-likeness (QED) is 0.238. The van der Waals surface area contributed by atoms with E-state index in [-0.39, 0.29) is 24.0 Å². The molecule has 2 heterocycles. The Morgan fingerprint density at radius 1 is 0.889 bits per heavy atom. The molecule has 0 aromatic heterocycles. The Hall–Kier alpha value is -2.86. The highest BCUT2D eigenvalue weighted by Gasteiger charge is 2.45. The third kappa shape index (κ3) is 7.57. The van der Waals surface area contributed by atoms with Crippen LogP contribution in [-0.2, 0) is 28.5 Å². The molecule has 0 radical (unpaired) electrons. The molecule has 1 aromatic carbocycles. The van der Waals surface area contributed by atoms with E-state index in [1.165, 1.54) is 0 Å². The maximum Gasteiger partial charge on any atom is 0.264 e. The molecule has 1 aromatic rings. The molecule has 11 heteroatoms. The van der Waals surface area contributed by atoms with Crippen LogP contribution < -0.4 is 10.6 Å². The SMILES string of the molecule is CCCCOCCOCCOCCOCCNc1cccc2c1C(=O)N(C1CCC(=O)NC1=O)C2=O. The largest absolute Gasteiger partial charge is 0.382 e. The van der Waals surface area contributed by atoms with Crippen LogP contribution in [0.25, 0.3) is 0 Å². The van der Waals surface area contributed by atoms with Gasteiger partial charge in [-0.05, 0) is 25.0 Å². The molecule has 0 saturated carbocycles. The molecule has 0 bridgehead atoms. The number of hydrogen-bond donors (Lipinski definition) is 2. The second-order valence-electron chi connectivity index (χ2n) is 8.41. The summed E-state index contributed by atoms with van der Waals surface area (Å²) >= 11 is 0. The Balaban J connectivity index is 1.32. The first-order chi connectivity index (χ1) is 17.5. The summed E-state index contributed by atoms with van der Waals surface area (Å²) in [5.74, 6) is -2.11. The van der Waals surface area contributed by atoms with Gasteiger partial charge in [-0.25, -0.2) is 0 Å². The van der Waals surface area contributed by atoms with Crippen LogP contribution in [0.15, 0.2) is 18.2 Å². The molecule has 2 N–H and O–H groups in total. The summed E-state index contributed by atoms with van der Waals surface area (Å²) in [4.78, 5) is 50.5. The van der Waals surface area contributed by atoms with Crippen molar-refractivity contribution in [1.82, 2.24) is 10.2 Å². The molecule has 0 aliphatic carbocycles. The molecule has 0 spiro atoms. The molecule has 2 aliphatic heterocycles. The minimum absolute atomic E-state index is 0.0804. The highest BCUT2D eigenvalue weighted by Crippen LogP contribution is 2.32. The molecule has 3 rings (SSSR count). The molecule has 4 amide bonds. The number of fused-ring (bicyclic) bond motifs is 1. The zero-order valence-electron chi connectivity index (χ0n) is 20.7. The topological polar surface area (TPSA) is 132 Å². The van der Waals surface area contributed by atoms with E-state index in [0.29, 0.717) is 58.5 Å². The van der Waals surface area contributed by atoms with Gasteiger partial charge in [-0.2, -0.15) is 0 Å². The van der Waals surface area contributed by atoms with E-state index >= 15 is 0 Å². The first kappa shape index (κ1) is 27.7. The lowest BCUT2D eigenvalue weighted by Gasteiger charge is -2.27. The van der Waals surface area contributed by atoms with Crippen molar-refractivity contribution in [2.75, 3.05) is 64.7 Å². The number of benzene rings is 1. The van der Waals surface area contributed by atoms with Crippen molar-refractivity contribution >= 4 is 29.3 Å². The van der Waals surface area contributed by atoms with Crippen molar-refractivity contribution in [3.8, 4) is 0 Å². The number of piperidine rings is 1. The standard InChI is InChI=1S/C25H35N3O8/c1-2-3-10-33-12-14-35-16-17-36-15-13-34-11-9-26-19-6-4-5-18-22(19)25(32)28(24(18)31)20-7-8-21(29)27-23(20)30/h4-6,20,26H,2-3,7-17H2,1H3,(H,27,29,30). The van der Waals surface area contributed by atoms with Crippen molar-refractivity contribution in [3.05, 3.63) is 29.3 Å². The van der Waals surface area contributed by atoms with E-state index in [1.54, 1.807) is 18.2 Å². The van der Waals surface area contributed by atoms with Crippen LogP contribution in [-0.4, -0.2) is 94.0 Å². The predicted molar refractivity (Wildman–Crippen MR) is 130 cm³/mol. The van der Waals surface area contributed by atoms with Gasteiger partial charge in [-0.3, -0.25) is 29.4 Å². The normalized spacial score (nSPS) is 17.5. The summed E-state index contributed by atoms with van der Waals surface area (Å²) in [5, 5.41) is 5.32. The Morgan fingerprint density at radius 2 is 1.53 bits per heavy atom. The van der Waals surface area contributed by atoms with Crippen molar-refractivity contribution < 1.29 is 38.1 Å². The molecular formula is C25H35N3O8. The smallest absolute Gasteiger partial charge is 0.264 e. The number of carbonyl (C=O) groups excluding carboxylic acids is 4. The first-order valence-corrected chi connectivity index (χ1v) is 12.4. The number of hydrogen-bond acceptors (Lipinski definition) is 9. The summed E-state index contributed by atoms with van der Waals surface area (Å²) in [6.07, 6.45) is 2.38. The van der Waals surface area contributed by atoms with E-state index in [4.69, 9.17) is 18.9 Å². The number of nitrogens with one attached hydrogen (secondary N) is 2. The summed E-state index contributed by atoms with van der Waals surface area (Å²) in [6.45, 7) is 6.65. The zero-order valence-corrected chi connectivity index (χ0v) is 20.7. The van der Waals surface area contributed by atoms with Crippen LogP contribution in [0.3, 0.4) is 0 Å². The fourth-order valence-corrected chi connectivity index (χ4v) is 3.93. The molecular weight excluding hydrogens is 470 g/mol. The van der Waals surface area contributed by atoms with Gasteiger partial charge >= 0.3 is 0 Å². The van der Waals surface area contributed by atoms with Crippen LogP contribution in [0.1, 0.15) is 53.3 Å². The van der Waals surface area contributed by atoms with Crippen molar-refractivity contribution in [2.45, 2.75) is 38.6 Å². The van der Waals surface area contributed by atoms with Gasteiger partial charge in [0.1, 0.15) is 6.04 Å². The summed E-state index contributed by atoms with van der Waals surface area (Å²) < 4.78 is 21.8. The monoisotopic (exact) mass is 505 g/mol. The van der Waals surface area contributed by atoms with Gasteiger partial charge in [0.2, 0.25) is 11.8 Å². The predicted octanol–water partition coefficient (Wildman–Crippen LogP) is 1.37. The number of unbranched alkanes of at least 4 members (excludes halogenated alkanes) is 1. The minimum Gasteiger partial charge on any atom is -0.382 e. The Labute approximate surface area is 210 Å². The number of amides is 4. The van der Waals surface area contributed by atoms with Crippen LogP contribution >= 0.6 is 0 Å². The maximum atomic E-state index is 13.0. The van der Waals surface area contributed by atoms with Crippen LogP contribution in [0.2, 0.25) is 0 Å². The van der Waals surface area contributed by atoms with Gasteiger partial charge in [0, 0.05) is 25.3 Å². The van der Waals surface area contributed by atoms with E-state index in [1.807, 2.05) is 0 Å². The third-order valence-corrected chi connectivity index (χ3v) is 5.79. The fraction of sp³-hybridized carbons (Fsp3) is 0.600. The summed E-state index contributed by atoms with van der Waals surface area (Å²) in [7, 11) is 0. The van der Waals surface area contributed by atoms with Gasteiger partial charge in [-0.1, -0.05) is 19.4 Å². The van der Waals surface area contributed by atoms with Crippen LogP contribution in [0, 0.1) is 0 Å². The lowest BCUT2D eigenvalue weighted by Crippen LogP contribution is -2.54. The van der Waals surface area contributed by atoms with Gasteiger partial charge in [0.05, 0.1) is 57.4 Å². The van der Waals surface area contributed by atoms with Gasteiger partial charge in [0.15, 0.2) is 0 Å². The van der Waals surface area contributed by atoms with Crippen molar-refractivity contribution in [3.63, 3.8) is 0 Å². The van der Waals surface area contributed by atoms with Gasteiger partial charge < -0.3 is 24.3 Å². The molecule has 1 unspecified atom stereocenters. The number of ether oxygens (including phenoxy) is 4. The van der Waals surface area contributed by atoms with E-state index < -0.39 is 29.7 Å². The second-order valence-corrected chi connectivity index (χ2v) is 8.41. The molecule has 2 aliphatic rings. The minimum atomic E-state index is -0.990. The lowest BCUT2D eigenvalue weighted by molar-refractivity contribution is -0.136. The van der Waals surface area contributed by atoms with Crippen LogP contribution in [0.5, 0.6) is 0 Å². The van der Waals surface area contributed by atoms with E-state index in [9.17, 15) is 19.2 Å². The van der Waals surface area contributed by atoms with E-state index in [0.717, 1.165) is 24.3 Å². The van der Waals surface area contributed by atoms with Crippen LogP contribution in [0.4, 0.5) is 5.69 Å². The third-order valence-electron chi connectivity index (χ3n) is 5.79. The van der Waals surface area contributed by atoms with E-state index in [2.05, 4.69) is 17.6 Å². The number of rotatable bonds is 17. The maximum absolute atomic E-state index is 13.0. The Bertz CT molecular complexity index is 923. The Kier molecular flexibility index (Phi) is 11.3. The van der Waals surface area contributed by atoms with Crippen molar-refractivity contribution in [2.24, 2.45) is 0 Å². The number of nitrogens with zero attached hydrogens (tertiary/aromatic N) is 1. The zero-order chi connectivity index (χ0) is 25.8. The molecule has 36 heavy (non-hydrogen) atoms. The first-order valence-electron chi connectivity index (χ1n) is 12.4. The molecule has 198 valence electrons. The number of imide groups is 2. The molecule has 1 fully saturated rings. The number of carbonyl (C=O) groups is 4. The lowest BCUT2D eigenvalue weighted by atomic mass is 10.0. The summed E-state index contributed by atoms with van der Waals surface area (Å²) in [6, 6.07) is 3.95. The van der Waals surface area contributed by atoms with Gasteiger partial charge in [0.25, 0.3) is 11.8 Å². The average molecular weight is 506 g/mol. The fourth-order valence-electron chi connectivity index (χ4n) is 3.93. The average Bonchev–Trinajstić information content (AvgIpc) is 3.12. The Morgan fingerprint density at radius 3 is 2.17 bits per heavy atom. The van der Waals surface area contributed by atoms with Crippen molar-refractivity contribution in [1.29, 1.82) is 0 Å². The van der Waals surface area contributed by atoms with Gasteiger partial charge in [-0.15, -0.1) is 0 Å². The highest BCUT2D eigenvalue weighted by molar-refractivity contribution is 6.25. The number of anilines is 1.